The van der Waals surface area contributed by atoms with E-state index >= 15 is 0 Å². The Morgan fingerprint density at radius 2 is 1.94 bits per heavy atom. The molecule has 1 saturated heterocycles. The van der Waals surface area contributed by atoms with Gasteiger partial charge in [0.2, 0.25) is 5.88 Å². The van der Waals surface area contributed by atoms with E-state index in [9.17, 15) is 9.18 Å². The van der Waals surface area contributed by atoms with Gasteiger partial charge in [-0.15, -0.1) is 0 Å². The number of carbonyl (C=O) groups is 1. The lowest BCUT2D eigenvalue weighted by atomic mass is 10.1. The SMILES string of the molecule is Cc1cc(F)ccc1Oc1cc(N2CCN(C(=O)c3ccc(Cl)cc3Cl)[C@@H](C)C2)ncn1. The second-order valence-corrected chi connectivity index (χ2v) is 8.49. The highest BCUT2D eigenvalue weighted by molar-refractivity contribution is 6.36. The molecule has 1 aromatic heterocycles. The normalized spacial score (nSPS) is 16.2. The summed E-state index contributed by atoms with van der Waals surface area (Å²) in [6, 6.07) is 10.9. The number of piperazine rings is 1. The number of nitrogens with zero attached hydrogens (tertiary/aromatic N) is 4. The molecule has 0 radical (unpaired) electrons. The Kier molecular flexibility index (Phi) is 6.48. The summed E-state index contributed by atoms with van der Waals surface area (Å²) in [7, 11) is 0. The van der Waals surface area contributed by atoms with Crippen LogP contribution in [0.5, 0.6) is 11.6 Å². The Labute approximate surface area is 195 Å². The van der Waals surface area contributed by atoms with Crippen LogP contribution in [0.2, 0.25) is 10.0 Å². The molecule has 6 nitrogen and oxygen atoms in total. The summed E-state index contributed by atoms with van der Waals surface area (Å²) in [4.78, 5) is 25.4. The third-order valence-electron chi connectivity index (χ3n) is 5.35. The van der Waals surface area contributed by atoms with Crippen molar-refractivity contribution < 1.29 is 13.9 Å². The Morgan fingerprint density at radius 1 is 1.12 bits per heavy atom. The van der Waals surface area contributed by atoms with E-state index in [4.69, 9.17) is 27.9 Å². The summed E-state index contributed by atoms with van der Waals surface area (Å²) in [6.45, 7) is 5.44. The molecule has 0 spiro atoms. The standard InChI is InChI=1S/C23H21Cl2FN4O2/c1-14-9-17(26)4-6-20(14)32-22-11-21(27-13-28-22)29-7-8-30(15(2)12-29)23(31)18-5-3-16(24)10-19(18)25/h3-6,9-11,13,15H,7-8,12H2,1-2H3/t15-/m0/s1. The number of hydrogen-bond acceptors (Lipinski definition) is 5. The van der Waals surface area contributed by atoms with E-state index < -0.39 is 0 Å². The third kappa shape index (κ3) is 4.79. The number of aromatic nitrogens is 2. The number of benzene rings is 2. The van der Waals surface area contributed by atoms with Crippen molar-refractivity contribution in [3.05, 3.63) is 75.8 Å². The van der Waals surface area contributed by atoms with Gasteiger partial charge in [0, 0.05) is 36.8 Å². The molecule has 2 heterocycles. The van der Waals surface area contributed by atoms with Crippen LogP contribution < -0.4 is 9.64 Å². The van der Waals surface area contributed by atoms with Crippen molar-refractivity contribution in [3.8, 4) is 11.6 Å². The second-order valence-electron chi connectivity index (χ2n) is 7.64. The lowest BCUT2D eigenvalue weighted by Gasteiger charge is -2.40. The molecule has 9 heteroatoms. The summed E-state index contributed by atoms with van der Waals surface area (Å²) < 4.78 is 19.2. The molecule has 4 rings (SSSR count). The molecule has 0 bridgehead atoms. The van der Waals surface area contributed by atoms with Gasteiger partial charge in [0.15, 0.2) is 0 Å². The zero-order valence-electron chi connectivity index (χ0n) is 17.6. The molecule has 2 aromatic carbocycles. The second kappa shape index (κ2) is 9.30. The van der Waals surface area contributed by atoms with E-state index in [-0.39, 0.29) is 17.8 Å². The molecule has 1 aliphatic rings. The van der Waals surface area contributed by atoms with Crippen molar-refractivity contribution in [3.63, 3.8) is 0 Å². The highest BCUT2D eigenvalue weighted by atomic mass is 35.5. The first-order valence-electron chi connectivity index (χ1n) is 10.1. The fourth-order valence-corrected chi connectivity index (χ4v) is 4.17. The molecular weight excluding hydrogens is 454 g/mol. The lowest BCUT2D eigenvalue weighted by Crippen LogP contribution is -2.54. The predicted molar refractivity (Wildman–Crippen MR) is 122 cm³/mol. The molecular formula is C23H21Cl2FN4O2. The van der Waals surface area contributed by atoms with Gasteiger partial charge in [0.05, 0.1) is 10.6 Å². The molecule has 0 unspecified atom stereocenters. The minimum absolute atomic E-state index is 0.0679. The average molecular weight is 475 g/mol. The van der Waals surface area contributed by atoms with Gasteiger partial charge in [-0.2, -0.15) is 0 Å². The van der Waals surface area contributed by atoms with Gasteiger partial charge in [-0.05, 0) is 55.8 Å². The van der Waals surface area contributed by atoms with Crippen LogP contribution in [0.25, 0.3) is 0 Å². The summed E-state index contributed by atoms with van der Waals surface area (Å²) >= 11 is 12.2. The largest absolute Gasteiger partial charge is 0.439 e. The molecule has 1 amide bonds. The van der Waals surface area contributed by atoms with Crippen molar-refractivity contribution in [1.29, 1.82) is 0 Å². The minimum Gasteiger partial charge on any atom is -0.439 e. The molecule has 166 valence electrons. The van der Waals surface area contributed by atoms with Crippen LogP contribution in [0.15, 0.2) is 48.8 Å². The molecule has 1 aliphatic heterocycles. The fraction of sp³-hybridized carbons (Fsp3) is 0.261. The summed E-state index contributed by atoms with van der Waals surface area (Å²) in [5, 5.41) is 0.827. The predicted octanol–water partition coefficient (Wildman–Crippen LogP) is 5.37. The van der Waals surface area contributed by atoms with Crippen LogP contribution in [0.1, 0.15) is 22.8 Å². The molecule has 1 atom stereocenters. The molecule has 32 heavy (non-hydrogen) atoms. The maximum absolute atomic E-state index is 13.3. The van der Waals surface area contributed by atoms with Gasteiger partial charge in [0.1, 0.15) is 23.7 Å². The van der Waals surface area contributed by atoms with Crippen molar-refractivity contribution >= 4 is 34.9 Å². The lowest BCUT2D eigenvalue weighted by molar-refractivity contribution is 0.0674. The maximum atomic E-state index is 13.3. The maximum Gasteiger partial charge on any atom is 0.255 e. The first kappa shape index (κ1) is 22.3. The van der Waals surface area contributed by atoms with Crippen LogP contribution in [0.4, 0.5) is 10.2 Å². The van der Waals surface area contributed by atoms with Crippen LogP contribution in [0, 0.1) is 12.7 Å². The highest BCUT2D eigenvalue weighted by Gasteiger charge is 2.30. The summed E-state index contributed by atoms with van der Waals surface area (Å²) in [6.07, 6.45) is 1.43. The van der Waals surface area contributed by atoms with E-state index in [1.165, 1.54) is 18.5 Å². The van der Waals surface area contributed by atoms with E-state index in [0.717, 1.165) is 0 Å². The van der Waals surface area contributed by atoms with Gasteiger partial charge < -0.3 is 14.5 Å². The number of anilines is 1. The van der Waals surface area contributed by atoms with Crippen molar-refractivity contribution in [2.45, 2.75) is 19.9 Å². The topological polar surface area (TPSA) is 58.6 Å². The fourth-order valence-electron chi connectivity index (χ4n) is 3.68. The number of halogens is 3. The van der Waals surface area contributed by atoms with Gasteiger partial charge in [-0.1, -0.05) is 23.2 Å². The van der Waals surface area contributed by atoms with Gasteiger partial charge in [-0.3, -0.25) is 4.79 Å². The Morgan fingerprint density at radius 3 is 2.66 bits per heavy atom. The van der Waals surface area contributed by atoms with Gasteiger partial charge >= 0.3 is 0 Å². The van der Waals surface area contributed by atoms with E-state index in [0.29, 0.717) is 58.3 Å². The first-order chi connectivity index (χ1) is 15.3. The molecule has 1 fully saturated rings. The first-order valence-corrected chi connectivity index (χ1v) is 10.8. The van der Waals surface area contributed by atoms with Crippen LogP contribution in [-0.4, -0.2) is 46.5 Å². The molecule has 0 N–H and O–H groups in total. The minimum atomic E-state index is -0.320. The monoisotopic (exact) mass is 474 g/mol. The molecule has 3 aromatic rings. The van der Waals surface area contributed by atoms with Crippen LogP contribution in [0.3, 0.4) is 0 Å². The molecule has 0 aliphatic carbocycles. The Hall–Kier alpha value is -2.90. The van der Waals surface area contributed by atoms with Gasteiger partial charge in [0.25, 0.3) is 5.91 Å². The average Bonchev–Trinajstić information content (AvgIpc) is 2.75. The van der Waals surface area contributed by atoms with Crippen LogP contribution >= 0.6 is 23.2 Å². The number of carbonyl (C=O) groups excluding carboxylic acids is 1. The highest BCUT2D eigenvalue weighted by Crippen LogP contribution is 2.28. The number of amides is 1. The Balaban J connectivity index is 1.46. The van der Waals surface area contributed by atoms with E-state index in [1.807, 2.05) is 6.92 Å². The van der Waals surface area contributed by atoms with E-state index in [1.54, 1.807) is 42.2 Å². The van der Waals surface area contributed by atoms with Crippen molar-refractivity contribution in [2.75, 3.05) is 24.5 Å². The number of aryl methyl sites for hydroxylation is 1. The summed E-state index contributed by atoms with van der Waals surface area (Å²) in [5.41, 5.74) is 1.11. The zero-order valence-corrected chi connectivity index (χ0v) is 19.1. The van der Waals surface area contributed by atoms with Crippen LogP contribution in [-0.2, 0) is 0 Å². The number of ether oxygens (including phenoxy) is 1. The van der Waals surface area contributed by atoms with Crippen molar-refractivity contribution in [1.82, 2.24) is 14.9 Å². The quantitative estimate of drug-likeness (QED) is 0.508. The van der Waals surface area contributed by atoms with Gasteiger partial charge in [-0.25, -0.2) is 14.4 Å². The van der Waals surface area contributed by atoms with E-state index in [2.05, 4.69) is 14.9 Å². The summed E-state index contributed by atoms with van der Waals surface area (Å²) in [5.74, 6) is 1.14. The number of hydrogen-bond donors (Lipinski definition) is 0. The third-order valence-corrected chi connectivity index (χ3v) is 5.90. The van der Waals surface area contributed by atoms with Crippen molar-refractivity contribution in [2.24, 2.45) is 0 Å². The zero-order chi connectivity index (χ0) is 22.8. The molecule has 0 saturated carbocycles. The number of rotatable bonds is 4. The smallest absolute Gasteiger partial charge is 0.255 e. The Bertz CT molecular complexity index is 1160.